The van der Waals surface area contributed by atoms with Crippen molar-refractivity contribution < 1.29 is 14.3 Å². The molecule has 9 nitrogen and oxygen atoms in total. The first-order chi connectivity index (χ1) is 13.2. The van der Waals surface area contributed by atoms with Crippen LogP contribution in [-0.2, 0) is 20.9 Å². The van der Waals surface area contributed by atoms with E-state index in [0.29, 0.717) is 58.1 Å². The zero-order chi connectivity index (χ0) is 18.6. The molecule has 2 aliphatic rings. The molecule has 2 saturated heterocycles. The van der Waals surface area contributed by atoms with E-state index < -0.39 is 0 Å². The molecule has 0 unspecified atom stereocenters. The van der Waals surface area contributed by atoms with Crippen LogP contribution in [0.2, 0.25) is 0 Å². The van der Waals surface area contributed by atoms with Crippen molar-refractivity contribution in [3.63, 3.8) is 0 Å². The van der Waals surface area contributed by atoms with Crippen molar-refractivity contribution >= 4 is 17.6 Å². The van der Waals surface area contributed by atoms with Crippen molar-refractivity contribution in [2.24, 2.45) is 11.8 Å². The summed E-state index contributed by atoms with van der Waals surface area (Å²) in [4.78, 5) is 35.7. The van der Waals surface area contributed by atoms with Crippen LogP contribution in [0.4, 0.5) is 0 Å². The molecule has 2 aromatic heterocycles. The zero-order valence-electron chi connectivity index (χ0n) is 15.1. The number of fused-ring (bicyclic) bond motifs is 1. The molecule has 2 amide bonds. The van der Waals surface area contributed by atoms with Crippen LogP contribution < -0.4 is 10.6 Å². The van der Waals surface area contributed by atoms with Gasteiger partial charge in [-0.05, 0) is 12.5 Å². The minimum absolute atomic E-state index is 0.0491. The van der Waals surface area contributed by atoms with E-state index in [4.69, 9.17) is 4.74 Å². The Bertz CT molecular complexity index is 783. The number of ether oxygens (including phenoxy) is 1. The fourth-order valence-corrected chi connectivity index (χ4v) is 3.66. The van der Waals surface area contributed by atoms with Crippen molar-refractivity contribution in [1.29, 1.82) is 0 Å². The molecule has 2 aromatic rings. The smallest absolute Gasteiger partial charge is 0.233 e. The molecule has 4 heterocycles. The number of aromatic nitrogens is 3. The summed E-state index contributed by atoms with van der Waals surface area (Å²) in [6, 6.07) is 1.83. The van der Waals surface area contributed by atoms with Crippen LogP contribution >= 0.6 is 0 Å². The van der Waals surface area contributed by atoms with Crippen LogP contribution in [0.1, 0.15) is 12.1 Å². The number of morpholine rings is 1. The number of nitrogens with zero attached hydrogens (tertiary/aromatic N) is 4. The van der Waals surface area contributed by atoms with Gasteiger partial charge >= 0.3 is 0 Å². The van der Waals surface area contributed by atoms with E-state index in [2.05, 4.69) is 20.6 Å². The van der Waals surface area contributed by atoms with Gasteiger partial charge in [0.2, 0.25) is 17.6 Å². The summed E-state index contributed by atoms with van der Waals surface area (Å²) in [5.41, 5.74) is 0.756. The average molecular weight is 372 g/mol. The van der Waals surface area contributed by atoms with Gasteiger partial charge in [-0.1, -0.05) is 0 Å². The van der Waals surface area contributed by atoms with Crippen LogP contribution in [0.15, 0.2) is 24.7 Å². The maximum atomic E-state index is 12.7. The first-order valence-corrected chi connectivity index (χ1v) is 9.34. The standard InChI is InChI=1S/C18H24N6O3/c25-16(21-11-15-12-24-3-1-2-20-18(24)22-15)13-8-14(10-19-9-13)17(26)23-4-6-27-7-5-23/h1-3,12-14,19H,4-11H2,(H,21,25)/t13-,14-/m1/s1. The lowest BCUT2D eigenvalue weighted by Crippen LogP contribution is -2.51. The number of imidazole rings is 1. The summed E-state index contributed by atoms with van der Waals surface area (Å²) in [6.07, 6.45) is 5.98. The molecule has 0 radical (unpaired) electrons. The quantitative estimate of drug-likeness (QED) is 0.746. The summed E-state index contributed by atoms with van der Waals surface area (Å²) in [6.45, 7) is 4.00. The molecular formula is C18H24N6O3. The van der Waals surface area contributed by atoms with Crippen molar-refractivity contribution in [2.75, 3.05) is 39.4 Å². The average Bonchev–Trinajstić information content (AvgIpc) is 3.15. The van der Waals surface area contributed by atoms with Crippen molar-refractivity contribution in [1.82, 2.24) is 29.9 Å². The van der Waals surface area contributed by atoms with E-state index in [-0.39, 0.29) is 23.7 Å². The zero-order valence-corrected chi connectivity index (χ0v) is 15.1. The highest BCUT2D eigenvalue weighted by atomic mass is 16.5. The van der Waals surface area contributed by atoms with Gasteiger partial charge in [0, 0.05) is 44.8 Å². The number of hydrogen-bond donors (Lipinski definition) is 2. The van der Waals surface area contributed by atoms with Gasteiger partial charge < -0.3 is 20.3 Å². The minimum atomic E-state index is -0.219. The molecule has 0 aromatic carbocycles. The third kappa shape index (κ3) is 4.09. The third-order valence-corrected chi connectivity index (χ3v) is 5.12. The van der Waals surface area contributed by atoms with Crippen LogP contribution in [0.3, 0.4) is 0 Å². The molecule has 2 atom stereocenters. The second-order valence-corrected chi connectivity index (χ2v) is 7.00. The molecule has 9 heteroatoms. The number of carbonyl (C=O) groups is 2. The number of piperidine rings is 1. The number of nitrogens with one attached hydrogen (secondary N) is 2. The van der Waals surface area contributed by atoms with Crippen LogP contribution in [0.5, 0.6) is 0 Å². The van der Waals surface area contributed by atoms with E-state index >= 15 is 0 Å². The van der Waals surface area contributed by atoms with E-state index in [1.807, 2.05) is 27.8 Å². The molecule has 4 rings (SSSR count). The summed E-state index contributed by atoms with van der Waals surface area (Å²) in [5, 5.41) is 6.18. The van der Waals surface area contributed by atoms with Crippen molar-refractivity contribution in [3.8, 4) is 0 Å². The van der Waals surface area contributed by atoms with Crippen molar-refractivity contribution in [2.45, 2.75) is 13.0 Å². The van der Waals surface area contributed by atoms with E-state index in [1.54, 1.807) is 6.20 Å². The molecule has 2 aliphatic heterocycles. The highest BCUT2D eigenvalue weighted by Crippen LogP contribution is 2.20. The summed E-state index contributed by atoms with van der Waals surface area (Å²) in [7, 11) is 0. The van der Waals surface area contributed by atoms with Gasteiger partial charge in [-0.2, -0.15) is 0 Å². The SMILES string of the molecule is O=C(NCc1cn2cccnc2n1)[C@H]1CNC[C@H](C(=O)N2CCOCC2)C1. The maximum absolute atomic E-state index is 12.7. The lowest BCUT2D eigenvalue weighted by molar-refractivity contribution is -0.141. The maximum Gasteiger partial charge on any atom is 0.233 e. The second-order valence-electron chi connectivity index (χ2n) is 7.00. The Kier molecular flexibility index (Phi) is 5.30. The van der Waals surface area contributed by atoms with Crippen LogP contribution in [0, 0.1) is 11.8 Å². The lowest BCUT2D eigenvalue weighted by atomic mass is 9.88. The van der Waals surface area contributed by atoms with E-state index in [1.165, 1.54) is 0 Å². The van der Waals surface area contributed by atoms with Gasteiger partial charge in [-0.15, -0.1) is 0 Å². The Labute approximate surface area is 157 Å². The number of rotatable bonds is 4. The highest BCUT2D eigenvalue weighted by Gasteiger charge is 2.33. The Balaban J connectivity index is 1.32. The normalized spacial score (nSPS) is 23.3. The fourth-order valence-electron chi connectivity index (χ4n) is 3.66. The number of amides is 2. The molecule has 0 bridgehead atoms. The lowest BCUT2D eigenvalue weighted by Gasteiger charge is -2.34. The van der Waals surface area contributed by atoms with Gasteiger partial charge in [-0.3, -0.25) is 14.0 Å². The minimum Gasteiger partial charge on any atom is -0.378 e. The van der Waals surface area contributed by atoms with Crippen LogP contribution in [-0.4, -0.2) is 70.5 Å². The number of carbonyl (C=O) groups excluding carboxylic acids is 2. The fraction of sp³-hybridized carbons (Fsp3) is 0.556. The van der Waals surface area contributed by atoms with Gasteiger partial charge in [0.25, 0.3) is 0 Å². The molecular weight excluding hydrogens is 348 g/mol. The third-order valence-electron chi connectivity index (χ3n) is 5.12. The predicted octanol–water partition coefficient (Wildman–Crippen LogP) is -0.570. The van der Waals surface area contributed by atoms with Gasteiger partial charge in [-0.25, -0.2) is 9.97 Å². The molecule has 0 saturated carbocycles. The molecule has 2 fully saturated rings. The molecule has 2 N–H and O–H groups in total. The Morgan fingerprint density at radius 2 is 2.07 bits per heavy atom. The molecule has 27 heavy (non-hydrogen) atoms. The summed E-state index contributed by atoms with van der Waals surface area (Å²) >= 11 is 0. The Morgan fingerprint density at radius 3 is 2.89 bits per heavy atom. The Morgan fingerprint density at radius 1 is 1.26 bits per heavy atom. The van der Waals surface area contributed by atoms with Gasteiger partial charge in [0.1, 0.15) is 0 Å². The number of hydrogen-bond acceptors (Lipinski definition) is 6. The first kappa shape index (κ1) is 17.9. The van der Waals surface area contributed by atoms with Crippen LogP contribution in [0.25, 0.3) is 5.78 Å². The van der Waals surface area contributed by atoms with Gasteiger partial charge in [0.15, 0.2) is 0 Å². The van der Waals surface area contributed by atoms with Crippen molar-refractivity contribution in [3.05, 3.63) is 30.4 Å². The monoisotopic (exact) mass is 372 g/mol. The topological polar surface area (TPSA) is 101 Å². The molecule has 0 spiro atoms. The first-order valence-electron chi connectivity index (χ1n) is 9.34. The van der Waals surface area contributed by atoms with E-state index in [0.717, 1.165) is 5.69 Å². The molecule has 0 aliphatic carbocycles. The summed E-state index contributed by atoms with van der Waals surface area (Å²) in [5.74, 6) is 0.301. The molecule has 144 valence electrons. The summed E-state index contributed by atoms with van der Waals surface area (Å²) < 4.78 is 7.13. The van der Waals surface area contributed by atoms with Gasteiger partial charge in [0.05, 0.1) is 37.3 Å². The largest absolute Gasteiger partial charge is 0.378 e. The van der Waals surface area contributed by atoms with E-state index in [9.17, 15) is 9.59 Å². The second kappa shape index (κ2) is 8.01. The predicted molar refractivity (Wildman–Crippen MR) is 96.7 cm³/mol. The Hall–Kier alpha value is -2.52. The highest BCUT2D eigenvalue weighted by molar-refractivity contribution is 5.83.